The topological polar surface area (TPSA) is 58.7 Å². The second-order valence-electron chi connectivity index (χ2n) is 6.10. The van der Waals surface area contributed by atoms with Gasteiger partial charge in [0.05, 0.1) is 11.4 Å². The third-order valence-corrected chi connectivity index (χ3v) is 4.30. The van der Waals surface area contributed by atoms with E-state index in [0.29, 0.717) is 17.0 Å². The van der Waals surface area contributed by atoms with Gasteiger partial charge in [-0.1, -0.05) is 18.2 Å². The number of aliphatic imine (C=N–C) groups is 1. The molecule has 1 heterocycles. The van der Waals surface area contributed by atoms with Gasteiger partial charge in [-0.25, -0.2) is 4.39 Å². The van der Waals surface area contributed by atoms with Gasteiger partial charge in [-0.2, -0.15) is 0 Å². The Balaban J connectivity index is 2.30. The second kappa shape index (κ2) is 6.17. The van der Waals surface area contributed by atoms with Crippen LogP contribution in [-0.2, 0) is 4.79 Å². The van der Waals surface area contributed by atoms with E-state index in [1.54, 1.807) is 37.1 Å². The van der Waals surface area contributed by atoms with Gasteiger partial charge in [-0.15, -0.1) is 0 Å². The number of anilines is 1. The molecule has 2 N–H and O–H groups in total. The quantitative estimate of drug-likeness (QED) is 0.922. The summed E-state index contributed by atoms with van der Waals surface area (Å²) in [5.41, 5.74) is 9.19. The average Bonchev–Trinajstić information content (AvgIpc) is 2.66. The Morgan fingerprint density at radius 3 is 2.58 bits per heavy atom. The van der Waals surface area contributed by atoms with Gasteiger partial charge in [0.25, 0.3) is 5.91 Å². The number of carbonyl (C=O) groups excluding carboxylic acids is 1. The number of likely N-dealkylation sites (N-methyl/N-ethyl adjacent to an activating group) is 1. The number of amides is 1. The Hall–Kier alpha value is -2.53. The van der Waals surface area contributed by atoms with Gasteiger partial charge >= 0.3 is 0 Å². The third-order valence-electron chi connectivity index (χ3n) is 4.30. The largest absolute Gasteiger partial charge is 0.324 e. The molecule has 5 heteroatoms. The molecule has 4 nitrogen and oxygen atoms in total. The van der Waals surface area contributed by atoms with Crippen LogP contribution in [0.5, 0.6) is 0 Å². The summed E-state index contributed by atoms with van der Waals surface area (Å²) in [5.74, 6) is -0.492. The lowest BCUT2D eigenvalue weighted by Crippen LogP contribution is -2.33. The Kier molecular flexibility index (Phi) is 4.20. The number of benzodiazepines with no additional fused rings is 1. The number of nitrogens with zero attached hydrogens (tertiary/aromatic N) is 2. The number of nitrogens with two attached hydrogens (primary N) is 1. The van der Waals surface area contributed by atoms with Crippen LogP contribution >= 0.6 is 0 Å². The fourth-order valence-electron chi connectivity index (χ4n) is 2.90. The molecule has 2 atom stereocenters. The Morgan fingerprint density at radius 2 is 1.92 bits per heavy atom. The maximum atomic E-state index is 14.4. The summed E-state index contributed by atoms with van der Waals surface area (Å²) in [5, 5.41) is 0. The lowest BCUT2D eigenvalue weighted by Gasteiger charge is -2.20. The summed E-state index contributed by atoms with van der Waals surface area (Å²) in [6.07, 6.45) is 0. The summed E-state index contributed by atoms with van der Waals surface area (Å²) in [6.45, 7) is 3.61. The zero-order valence-corrected chi connectivity index (χ0v) is 14.0. The van der Waals surface area contributed by atoms with E-state index in [2.05, 4.69) is 4.99 Å². The zero-order valence-electron chi connectivity index (χ0n) is 14.0. The molecule has 0 saturated heterocycles. The minimum Gasteiger partial charge on any atom is -0.324 e. The Bertz CT molecular complexity index is 829. The molecule has 1 amide bonds. The number of halogens is 1. The molecule has 0 spiro atoms. The standard InChI is InChI=1S/C19H20FN3O/c1-11(21)13-8-9-17-15(10-13)18(14-6-4-5-7-16(14)20)22-12(2)19(24)23(17)3/h4-12H,21H2,1-3H3. The van der Waals surface area contributed by atoms with Gasteiger partial charge in [0.1, 0.15) is 11.9 Å². The van der Waals surface area contributed by atoms with Crippen LogP contribution in [0.2, 0.25) is 0 Å². The first-order valence-corrected chi connectivity index (χ1v) is 7.90. The van der Waals surface area contributed by atoms with Crippen molar-refractivity contribution in [3.63, 3.8) is 0 Å². The van der Waals surface area contributed by atoms with Gasteiger partial charge in [0.15, 0.2) is 0 Å². The van der Waals surface area contributed by atoms with Crippen LogP contribution in [0.15, 0.2) is 47.5 Å². The molecule has 0 fully saturated rings. The SMILES string of the molecule is CC1N=C(c2ccccc2F)c2cc(C(C)N)ccc2N(C)C1=O. The van der Waals surface area contributed by atoms with Crippen LogP contribution in [0.25, 0.3) is 0 Å². The van der Waals surface area contributed by atoms with Gasteiger partial charge < -0.3 is 10.6 Å². The highest BCUT2D eigenvalue weighted by atomic mass is 19.1. The van der Waals surface area contributed by atoms with Gasteiger partial charge in [-0.05, 0) is 43.7 Å². The third kappa shape index (κ3) is 2.71. The second-order valence-corrected chi connectivity index (χ2v) is 6.10. The highest BCUT2D eigenvalue weighted by Crippen LogP contribution is 2.30. The molecular formula is C19H20FN3O. The first kappa shape index (κ1) is 16.3. The summed E-state index contributed by atoms with van der Waals surface area (Å²) in [7, 11) is 1.71. The lowest BCUT2D eigenvalue weighted by atomic mass is 9.96. The van der Waals surface area contributed by atoms with Crippen LogP contribution in [-0.4, -0.2) is 24.7 Å². The zero-order chi connectivity index (χ0) is 17.4. The highest BCUT2D eigenvalue weighted by Gasteiger charge is 2.28. The van der Waals surface area contributed by atoms with Crippen LogP contribution < -0.4 is 10.6 Å². The van der Waals surface area contributed by atoms with E-state index in [1.807, 2.05) is 25.1 Å². The van der Waals surface area contributed by atoms with E-state index in [4.69, 9.17) is 5.73 Å². The molecule has 2 aromatic rings. The molecule has 0 aliphatic carbocycles. The van der Waals surface area contributed by atoms with Crippen LogP contribution in [0.3, 0.4) is 0 Å². The van der Waals surface area contributed by atoms with Crippen molar-refractivity contribution in [3.05, 3.63) is 65.0 Å². The Morgan fingerprint density at radius 1 is 1.21 bits per heavy atom. The van der Waals surface area contributed by atoms with Crippen LogP contribution in [0.4, 0.5) is 10.1 Å². The molecule has 0 bridgehead atoms. The molecular weight excluding hydrogens is 305 g/mol. The number of hydrogen-bond donors (Lipinski definition) is 1. The number of carbonyl (C=O) groups is 1. The Labute approximate surface area is 140 Å². The predicted molar refractivity (Wildman–Crippen MR) is 94.0 cm³/mol. The minimum absolute atomic E-state index is 0.129. The smallest absolute Gasteiger partial charge is 0.251 e. The molecule has 24 heavy (non-hydrogen) atoms. The molecule has 0 radical (unpaired) electrons. The van der Waals surface area contributed by atoms with Crippen molar-refractivity contribution >= 4 is 17.3 Å². The molecule has 2 aromatic carbocycles. The fourth-order valence-corrected chi connectivity index (χ4v) is 2.90. The van der Waals surface area contributed by atoms with E-state index in [-0.39, 0.29) is 17.8 Å². The summed E-state index contributed by atoms with van der Waals surface area (Å²) in [6, 6.07) is 11.4. The first-order chi connectivity index (χ1) is 11.4. The molecule has 1 aliphatic heterocycles. The molecule has 3 rings (SSSR count). The van der Waals surface area contributed by atoms with Gasteiger partial charge in [0.2, 0.25) is 0 Å². The van der Waals surface area contributed by atoms with Crippen molar-refractivity contribution in [1.29, 1.82) is 0 Å². The molecule has 1 aliphatic rings. The molecule has 0 saturated carbocycles. The van der Waals surface area contributed by atoms with E-state index in [0.717, 1.165) is 11.1 Å². The van der Waals surface area contributed by atoms with Crippen molar-refractivity contribution in [1.82, 2.24) is 0 Å². The van der Waals surface area contributed by atoms with Crippen LogP contribution in [0, 0.1) is 5.82 Å². The van der Waals surface area contributed by atoms with E-state index in [1.165, 1.54) is 6.07 Å². The van der Waals surface area contributed by atoms with Gasteiger partial charge in [-0.3, -0.25) is 9.79 Å². The first-order valence-electron chi connectivity index (χ1n) is 7.90. The highest BCUT2D eigenvalue weighted by molar-refractivity contribution is 6.20. The summed E-state index contributed by atoms with van der Waals surface area (Å²) >= 11 is 0. The fraction of sp³-hybridized carbons (Fsp3) is 0.263. The van der Waals surface area contributed by atoms with Crippen molar-refractivity contribution in [3.8, 4) is 0 Å². The number of rotatable bonds is 2. The normalized spacial score (nSPS) is 18.7. The molecule has 0 aromatic heterocycles. The van der Waals surface area contributed by atoms with E-state index in [9.17, 15) is 9.18 Å². The molecule has 2 unspecified atom stereocenters. The monoisotopic (exact) mass is 325 g/mol. The summed E-state index contributed by atoms with van der Waals surface area (Å²) < 4.78 is 14.4. The predicted octanol–water partition coefficient (Wildman–Crippen LogP) is 3.05. The number of benzene rings is 2. The summed E-state index contributed by atoms with van der Waals surface area (Å²) in [4.78, 5) is 18.6. The van der Waals surface area contributed by atoms with Crippen molar-refractivity contribution in [2.24, 2.45) is 10.7 Å². The lowest BCUT2D eigenvalue weighted by molar-refractivity contribution is -0.119. The average molecular weight is 325 g/mol. The number of hydrogen-bond acceptors (Lipinski definition) is 3. The maximum absolute atomic E-state index is 14.4. The number of fused-ring (bicyclic) bond motifs is 1. The molecule has 124 valence electrons. The van der Waals surface area contributed by atoms with Gasteiger partial charge in [0, 0.05) is 24.2 Å². The van der Waals surface area contributed by atoms with E-state index >= 15 is 0 Å². The van der Waals surface area contributed by atoms with Crippen LogP contribution in [0.1, 0.15) is 36.6 Å². The van der Waals surface area contributed by atoms with E-state index < -0.39 is 6.04 Å². The maximum Gasteiger partial charge on any atom is 0.251 e. The van der Waals surface area contributed by atoms with Crippen molar-refractivity contribution in [2.75, 3.05) is 11.9 Å². The van der Waals surface area contributed by atoms with Crippen molar-refractivity contribution in [2.45, 2.75) is 25.9 Å². The van der Waals surface area contributed by atoms with Crippen molar-refractivity contribution < 1.29 is 9.18 Å². The minimum atomic E-state index is -0.587.